The molecule has 1 N–H and O–H groups in total. The summed E-state index contributed by atoms with van der Waals surface area (Å²) in [5.41, 5.74) is 1.66. The number of anilines is 1. The van der Waals surface area contributed by atoms with E-state index in [1.54, 1.807) is 23.7 Å². The van der Waals surface area contributed by atoms with Crippen molar-refractivity contribution in [1.29, 1.82) is 0 Å². The molecule has 1 aromatic heterocycles. The fourth-order valence-corrected chi connectivity index (χ4v) is 2.82. The zero-order valence-corrected chi connectivity index (χ0v) is 13.6. The third-order valence-electron chi connectivity index (χ3n) is 3.25. The van der Waals surface area contributed by atoms with E-state index in [-0.39, 0.29) is 18.4 Å². The van der Waals surface area contributed by atoms with E-state index in [1.165, 1.54) is 16.3 Å². The number of carbonyl (C=O) groups is 2. The Labute approximate surface area is 141 Å². The van der Waals surface area contributed by atoms with E-state index in [1.807, 2.05) is 12.1 Å². The van der Waals surface area contributed by atoms with Gasteiger partial charge in [-0.2, -0.15) is 5.10 Å². The van der Waals surface area contributed by atoms with Crippen LogP contribution < -0.4 is 5.32 Å². The van der Waals surface area contributed by atoms with Gasteiger partial charge in [0.25, 0.3) is 0 Å². The molecule has 2 heterocycles. The molecular weight excluding hydrogens is 336 g/mol. The molecule has 1 aromatic carbocycles. The standard InChI is InChI=1S/C15H13ClN4O2S/c16-11-3-1-10(2-4-11)12-5-6-14(22)20(19-12)9-13(21)18-15-17-7-8-23-15/h1-4,7-8H,5-6,9H2,(H,17,18,21). The molecule has 0 spiro atoms. The molecule has 0 atom stereocenters. The molecule has 8 heteroatoms. The summed E-state index contributed by atoms with van der Waals surface area (Å²) in [4.78, 5) is 27.9. The number of hydrogen-bond donors (Lipinski definition) is 1. The van der Waals surface area contributed by atoms with Crippen LogP contribution in [0.5, 0.6) is 0 Å². The first kappa shape index (κ1) is 15.6. The third kappa shape index (κ3) is 3.94. The molecule has 2 amide bonds. The van der Waals surface area contributed by atoms with Crippen molar-refractivity contribution in [2.45, 2.75) is 12.8 Å². The molecule has 3 rings (SSSR count). The summed E-state index contributed by atoms with van der Waals surface area (Å²) < 4.78 is 0. The van der Waals surface area contributed by atoms with Crippen LogP contribution in [-0.2, 0) is 9.59 Å². The number of carbonyl (C=O) groups excluding carboxylic acids is 2. The first-order valence-corrected chi connectivity index (χ1v) is 8.21. The highest BCUT2D eigenvalue weighted by Crippen LogP contribution is 2.18. The number of amides is 2. The van der Waals surface area contributed by atoms with Gasteiger partial charge in [0.15, 0.2) is 5.13 Å². The van der Waals surface area contributed by atoms with Crippen molar-refractivity contribution in [2.75, 3.05) is 11.9 Å². The lowest BCUT2D eigenvalue weighted by Crippen LogP contribution is -2.37. The van der Waals surface area contributed by atoms with Crippen molar-refractivity contribution in [1.82, 2.24) is 9.99 Å². The summed E-state index contributed by atoms with van der Waals surface area (Å²) in [6, 6.07) is 7.25. The second-order valence-electron chi connectivity index (χ2n) is 4.89. The van der Waals surface area contributed by atoms with Crippen LogP contribution in [0.15, 0.2) is 40.9 Å². The number of nitrogens with zero attached hydrogens (tertiary/aromatic N) is 3. The van der Waals surface area contributed by atoms with Crippen molar-refractivity contribution in [3.05, 3.63) is 46.4 Å². The molecule has 0 unspecified atom stereocenters. The Bertz CT molecular complexity index is 743. The number of halogens is 1. The van der Waals surface area contributed by atoms with Crippen LogP contribution in [0.3, 0.4) is 0 Å². The molecule has 0 saturated carbocycles. The Morgan fingerprint density at radius 1 is 1.30 bits per heavy atom. The molecule has 23 heavy (non-hydrogen) atoms. The molecule has 2 aromatic rings. The lowest BCUT2D eigenvalue weighted by atomic mass is 10.0. The minimum atomic E-state index is -0.325. The van der Waals surface area contributed by atoms with Gasteiger partial charge >= 0.3 is 0 Å². The van der Waals surface area contributed by atoms with Crippen molar-refractivity contribution in [2.24, 2.45) is 5.10 Å². The Morgan fingerprint density at radius 3 is 2.78 bits per heavy atom. The predicted molar refractivity (Wildman–Crippen MR) is 89.7 cm³/mol. The van der Waals surface area contributed by atoms with Gasteiger partial charge in [-0.15, -0.1) is 11.3 Å². The van der Waals surface area contributed by atoms with E-state index in [9.17, 15) is 9.59 Å². The average Bonchev–Trinajstić information content (AvgIpc) is 3.03. The number of aromatic nitrogens is 1. The minimum Gasteiger partial charge on any atom is -0.300 e. The smallest absolute Gasteiger partial charge is 0.248 e. The Hall–Kier alpha value is -2.25. The van der Waals surface area contributed by atoms with Crippen LogP contribution in [0.1, 0.15) is 18.4 Å². The third-order valence-corrected chi connectivity index (χ3v) is 4.19. The number of hydrogen-bond acceptors (Lipinski definition) is 5. The minimum absolute atomic E-state index is 0.129. The van der Waals surface area contributed by atoms with Crippen LogP contribution in [0, 0.1) is 0 Å². The van der Waals surface area contributed by atoms with Gasteiger partial charge in [-0.05, 0) is 17.7 Å². The Balaban J connectivity index is 1.72. The zero-order valence-electron chi connectivity index (χ0n) is 12.0. The van der Waals surface area contributed by atoms with E-state index < -0.39 is 0 Å². The molecular formula is C15H13ClN4O2S. The van der Waals surface area contributed by atoms with Gasteiger partial charge in [0.05, 0.1) is 5.71 Å². The molecule has 118 valence electrons. The molecule has 0 saturated heterocycles. The number of rotatable bonds is 4. The quantitative estimate of drug-likeness (QED) is 0.923. The second kappa shape index (κ2) is 6.89. The summed E-state index contributed by atoms with van der Waals surface area (Å²) in [5, 5.41) is 11.1. The Morgan fingerprint density at radius 2 is 2.09 bits per heavy atom. The summed E-state index contributed by atoms with van der Waals surface area (Å²) in [6.45, 7) is -0.129. The van der Waals surface area contributed by atoms with E-state index in [0.717, 1.165) is 11.3 Å². The summed E-state index contributed by atoms with van der Waals surface area (Å²) >= 11 is 7.19. The average molecular weight is 349 g/mol. The predicted octanol–water partition coefficient (Wildman–Crippen LogP) is 2.76. The highest BCUT2D eigenvalue weighted by Gasteiger charge is 2.23. The molecule has 0 aliphatic carbocycles. The van der Waals surface area contributed by atoms with Gasteiger partial charge in [0, 0.05) is 29.4 Å². The maximum absolute atomic E-state index is 12.0. The van der Waals surface area contributed by atoms with Crippen molar-refractivity contribution in [3.63, 3.8) is 0 Å². The van der Waals surface area contributed by atoms with Gasteiger partial charge in [-0.3, -0.25) is 9.59 Å². The van der Waals surface area contributed by atoms with Crippen LogP contribution in [-0.4, -0.2) is 34.1 Å². The largest absolute Gasteiger partial charge is 0.300 e. The van der Waals surface area contributed by atoms with Gasteiger partial charge in [0.2, 0.25) is 11.8 Å². The molecule has 0 radical (unpaired) electrons. The van der Waals surface area contributed by atoms with Crippen LogP contribution in [0.4, 0.5) is 5.13 Å². The van der Waals surface area contributed by atoms with E-state index in [2.05, 4.69) is 15.4 Å². The second-order valence-corrected chi connectivity index (χ2v) is 6.22. The summed E-state index contributed by atoms with van der Waals surface area (Å²) in [7, 11) is 0. The fraction of sp³-hybridized carbons (Fsp3) is 0.200. The first-order valence-electron chi connectivity index (χ1n) is 6.95. The molecule has 1 aliphatic heterocycles. The Kier molecular flexibility index (Phi) is 4.68. The normalized spacial score (nSPS) is 14.6. The number of nitrogens with one attached hydrogen (secondary N) is 1. The number of benzene rings is 1. The lowest BCUT2D eigenvalue weighted by Gasteiger charge is -2.23. The van der Waals surface area contributed by atoms with Gasteiger partial charge in [0.1, 0.15) is 6.54 Å². The summed E-state index contributed by atoms with van der Waals surface area (Å²) in [6.07, 6.45) is 2.47. The molecule has 0 bridgehead atoms. The van der Waals surface area contributed by atoms with Gasteiger partial charge in [-0.25, -0.2) is 9.99 Å². The van der Waals surface area contributed by atoms with E-state index >= 15 is 0 Å². The maximum Gasteiger partial charge on any atom is 0.248 e. The highest BCUT2D eigenvalue weighted by molar-refractivity contribution is 7.13. The van der Waals surface area contributed by atoms with E-state index in [0.29, 0.717) is 23.0 Å². The molecule has 6 nitrogen and oxygen atoms in total. The molecule has 0 fully saturated rings. The number of hydrazone groups is 1. The fourth-order valence-electron chi connectivity index (χ4n) is 2.15. The van der Waals surface area contributed by atoms with Crippen LogP contribution in [0.25, 0.3) is 0 Å². The highest BCUT2D eigenvalue weighted by atomic mass is 35.5. The number of thiazole rings is 1. The monoisotopic (exact) mass is 348 g/mol. The summed E-state index contributed by atoms with van der Waals surface area (Å²) in [5.74, 6) is -0.494. The van der Waals surface area contributed by atoms with Crippen molar-refractivity contribution in [3.8, 4) is 0 Å². The van der Waals surface area contributed by atoms with Crippen LogP contribution in [0.2, 0.25) is 5.02 Å². The van der Waals surface area contributed by atoms with Gasteiger partial charge in [-0.1, -0.05) is 23.7 Å². The first-order chi connectivity index (χ1) is 11.1. The van der Waals surface area contributed by atoms with Gasteiger partial charge < -0.3 is 5.32 Å². The maximum atomic E-state index is 12.0. The van der Waals surface area contributed by atoms with Crippen LogP contribution >= 0.6 is 22.9 Å². The van der Waals surface area contributed by atoms with Crippen molar-refractivity contribution >= 4 is 45.6 Å². The zero-order chi connectivity index (χ0) is 16.2. The molecule has 1 aliphatic rings. The van der Waals surface area contributed by atoms with E-state index in [4.69, 9.17) is 11.6 Å². The SMILES string of the molecule is O=C(CN1N=C(c2ccc(Cl)cc2)CCC1=O)Nc1nccs1. The topological polar surface area (TPSA) is 74.7 Å². The lowest BCUT2D eigenvalue weighted by molar-refractivity contribution is -0.135. The van der Waals surface area contributed by atoms with Crippen molar-refractivity contribution < 1.29 is 9.59 Å².